The van der Waals surface area contributed by atoms with Crippen LogP contribution in [0.15, 0.2) is 47.9 Å². The maximum absolute atomic E-state index is 4.35. The van der Waals surface area contributed by atoms with Gasteiger partial charge in [0.05, 0.1) is 0 Å². The smallest absolute Gasteiger partial charge is 0.187 e. The van der Waals surface area contributed by atoms with Crippen LogP contribution < -0.4 is 5.32 Å². The first kappa shape index (κ1) is 13.6. The zero-order chi connectivity index (χ0) is 13.9. The predicted octanol–water partition coefficient (Wildman–Crippen LogP) is 3.41. The van der Waals surface area contributed by atoms with Crippen LogP contribution in [0.4, 0.5) is 0 Å². The minimum Gasteiger partial charge on any atom is -0.312 e. The predicted molar refractivity (Wildman–Crippen MR) is 83.0 cm³/mol. The van der Waals surface area contributed by atoms with E-state index >= 15 is 0 Å². The second-order valence-corrected chi connectivity index (χ2v) is 6.43. The van der Waals surface area contributed by atoms with Crippen molar-refractivity contribution in [3.8, 4) is 0 Å². The van der Waals surface area contributed by atoms with Crippen LogP contribution in [0.1, 0.15) is 36.4 Å². The molecule has 1 aliphatic carbocycles. The standard InChI is InChI=1S/C16H19N3S/c1-11-10-14(20-16-18-8-5-9-19-16)15(17-2)13-7-4-3-6-12(11)13/h3-9,11,14-15,17H,10H2,1-2H3. The zero-order valence-corrected chi connectivity index (χ0v) is 12.6. The van der Waals surface area contributed by atoms with E-state index in [9.17, 15) is 0 Å². The first-order chi connectivity index (χ1) is 9.79. The molecule has 1 aromatic heterocycles. The summed E-state index contributed by atoms with van der Waals surface area (Å²) >= 11 is 1.78. The Morgan fingerprint density at radius 2 is 1.80 bits per heavy atom. The number of thioether (sulfide) groups is 1. The average molecular weight is 285 g/mol. The SMILES string of the molecule is CNC1c2ccccc2C(C)CC1Sc1ncccn1. The molecule has 0 bridgehead atoms. The van der Waals surface area contributed by atoms with E-state index in [4.69, 9.17) is 0 Å². The molecule has 0 fully saturated rings. The summed E-state index contributed by atoms with van der Waals surface area (Å²) < 4.78 is 0. The van der Waals surface area contributed by atoms with Gasteiger partial charge in [-0.1, -0.05) is 43.0 Å². The molecule has 1 aromatic carbocycles. The lowest BCUT2D eigenvalue weighted by Crippen LogP contribution is -2.33. The topological polar surface area (TPSA) is 37.8 Å². The molecule has 3 rings (SSSR count). The van der Waals surface area contributed by atoms with Gasteiger partial charge in [-0.3, -0.25) is 0 Å². The number of hydrogen-bond donors (Lipinski definition) is 1. The van der Waals surface area contributed by atoms with Crippen LogP contribution in [-0.2, 0) is 0 Å². The minimum absolute atomic E-state index is 0.358. The van der Waals surface area contributed by atoms with Gasteiger partial charge >= 0.3 is 0 Å². The summed E-state index contributed by atoms with van der Waals surface area (Å²) in [5, 5.41) is 4.80. The van der Waals surface area contributed by atoms with Gasteiger partial charge in [0.25, 0.3) is 0 Å². The molecule has 0 radical (unpaired) electrons. The third-order valence-corrected chi connectivity index (χ3v) is 5.12. The van der Waals surface area contributed by atoms with Gasteiger partial charge in [-0.25, -0.2) is 9.97 Å². The molecular formula is C16H19N3S. The van der Waals surface area contributed by atoms with E-state index in [1.165, 1.54) is 11.1 Å². The third-order valence-electron chi connectivity index (χ3n) is 3.93. The molecule has 0 saturated carbocycles. The number of fused-ring (bicyclic) bond motifs is 1. The number of aromatic nitrogens is 2. The molecule has 2 aromatic rings. The van der Waals surface area contributed by atoms with Crippen molar-refractivity contribution < 1.29 is 0 Å². The molecule has 0 amide bonds. The lowest BCUT2D eigenvalue weighted by atomic mass is 9.81. The Labute approximate surface area is 124 Å². The molecule has 0 spiro atoms. The molecule has 20 heavy (non-hydrogen) atoms. The Morgan fingerprint density at radius 3 is 2.50 bits per heavy atom. The highest BCUT2D eigenvalue weighted by Gasteiger charge is 2.33. The second kappa shape index (κ2) is 5.94. The average Bonchev–Trinajstić information content (AvgIpc) is 2.49. The first-order valence-corrected chi connectivity index (χ1v) is 7.87. The monoisotopic (exact) mass is 285 g/mol. The fourth-order valence-corrected chi connectivity index (χ4v) is 4.31. The van der Waals surface area contributed by atoms with Crippen LogP contribution >= 0.6 is 11.8 Å². The van der Waals surface area contributed by atoms with Crippen LogP contribution in [0.25, 0.3) is 0 Å². The molecule has 3 unspecified atom stereocenters. The van der Waals surface area contributed by atoms with E-state index in [2.05, 4.69) is 46.5 Å². The largest absolute Gasteiger partial charge is 0.312 e. The fourth-order valence-electron chi connectivity index (χ4n) is 2.99. The Balaban J connectivity index is 1.90. The lowest BCUT2D eigenvalue weighted by Gasteiger charge is -2.36. The van der Waals surface area contributed by atoms with E-state index in [0.29, 0.717) is 17.2 Å². The highest BCUT2D eigenvalue weighted by Crippen LogP contribution is 2.43. The van der Waals surface area contributed by atoms with Crippen molar-refractivity contribution in [3.63, 3.8) is 0 Å². The van der Waals surface area contributed by atoms with Crippen molar-refractivity contribution in [1.82, 2.24) is 15.3 Å². The zero-order valence-electron chi connectivity index (χ0n) is 11.8. The number of nitrogens with zero attached hydrogens (tertiary/aromatic N) is 2. The highest BCUT2D eigenvalue weighted by molar-refractivity contribution is 7.99. The van der Waals surface area contributed by atoms with E-state index in [-0.39, 0.29) is 0 Å². The Bertz CT molecular complexity index is 573. The van der Waals surface area contributed by atoms with Crippen molar-refractivity contribution in [1.29, 1.82) is 0 Å². The number of nitrogens with one attached hydrogen (secondary N) is 1. The number of hydrogen-bond acceptors (Lipinski definition) is 4. The molecule has 1 heterocycles. The molecule has 3 nitrogen and oxygen atoms in total. The molecule has 0 saturated heterocycles. The third kappa shape index (κ3) is 2.58. The van der Waals surface area contributed by atoms with Crippen LogP contribution in [0.5, 0.6) is 0 Å². The molecule has 1 N–H and O–H groups in total. The van der Waals surface area contributed by atoms with E-state index in [0.717, 1.165) is 11.6 Å². The normalized spacial score (nSPS) is 25.2. The summed E-state index contributed by atoms with van der Waals surface area (Å²) in [6.45, 7) is 2.31. The summed E-state index contributed by atoms with van der Waals surface area (Å²) in [5.74, 6) is 0.581. The van der Waals surface area contributed by atoms with Gasteiger partial charge in [-0.05, 0) is 36.6 Å². The van der Waals surface area contributed by atoms with Crippen molar-refractivity contribution in [2.24, 2.45) is 0 Å². The summed E-state index contributed by atoms with van der Waals surface area (Å²) in [4.78, 5) is 8.69. The summed E-state index contributed by atoms with van der Waals surface area (Å²) in [6, 6.07) is 11.0. The number of benzene rings is 1. The quantitative estimate of drug-likeness (QED) is 0.877. The van der Waals surface area contributed by atoms with Gasteiger partial charge < -0.3 is 5.32 Å². The molecule has 1 aliphatic rings. The van der Waals surface area contributed by atoms with Gasteiger partial charge in [0, 0.05) is 23.7 Å². The van der Waals surface area contributed by atoms with E-state index in [1.807, 2.05) is 25.5 Å². The summed E-state index contributed by atoms with van der Waals surface area (Å²) in [7, 11) is 2.04. The van der Waals surface area contributed by atoms with Crippen molar-refractivity contribution in [3.05, 3.63) is 53.9 Å². The van der Waals surface area contributed by atoms with Crippen molar-refractivity contribution >= 4 is 11.8 Å². The molecule has 0 aliphatic heterocycles. The molecule has 104 valence electrons. The Kier molecular flexibility index (Phi) is 4.03. The van der Waals surface area contributed by atoms with Crippen molar-refractivity contribution in [2.75, 3.05) is 7.05 Å². The second-order valence-electron chi connectivity index (χ2n) is 5.22. The van der Waals surface area contributed by atoms with Crippen molar-refractivity contribution in [2.45, 2.75) is 35.7 Å². The van der Waals surface area contributed by atoms with E-state index in [1.54, 1.807) is 11.8 Å². The van der Waals surface area contributed by atoms with Crippen LogP contribution in [0.2, 0.25) is 0 Å². The molecule has 3 atom stereocenters. The van der Waals surface area contributed by atoms with Gasteiger partial charge in [-0.15, -0.1) is 0 Å². The highest BCUT2D eigenvalue weighted by atomic mass is 32.2. The lowest BCUT2D eigenvalue weighted by molar-refractivity contribution is 0.472. The first-order valence-electron chi connectivity index (χ1n) is 6.99. The Hall–Kier alpha value is -1.39. The maximum atomic E-state index is 4.35. The number of rotatable bonds is 3. The molecule has 4 heteroatoms. The Morgan fingerprint density at radius 1 is 1.10 bits per heavy atom. The van der Waals surface area contributed by atoms with Gasteiger partial charge in [0.2, 0.25) is 0 Å². The summed E-state index contributed by atoms with van der Waals surface area (Å²) in [5.41, 5.74) is 2.89. The van der Waals surface area contributed by atoms with E-state index < -0.39 is 0 Å². The van der Waals surface area contributed by atoms with Gasteiger partial charge in [-0.2, -0.15) is 0 Å². The fraction of sp³-hybridized carbons (Fsp3) is 0.375. The maximum Gasteiger partial charge on any atom is 0.187 e. The minimum atomic E-state index is 0.358. The van der Waals surface area contributed by atoms with Crippen LogP contribution in [0, 0.1) is 0 Å². The van der Waals surface area contributed by atoms with Gasteiger partial charge in [0.1, 0.15) is 0 Å². The van der Waals surface area contributed by atoms with Crippen LogP contribution in [0.3, 0.4) is 0 Å². The molecular weight excluding hydrogens is 266 g/mol. The summed E-state index contributed by atoms with van der Waals surface area (Å²) in [6.07, 6.45) is 4.76. The van der Waals surface area contributed by atoms with Gasteiger partial charge in [0.15, 0.2) is 5.16 Å². The van der Waals surface area contributed by atoms with Crippen LogP contribution in [-0.4, -0.2) is 22.3 Å².